The van der Waals surface area contributed by atoms with E-state index in [1.807, 2.05) is 49.4 Å². The van der Waals surface area contributed by atoms with Crippen LogP contribution >= 0.6 is 0 Å². The molecule has 0 atom stereocenters. The van der Waals surface area contributed by atoms with Gasteiger partial charge in [0.05, 0.1) is 28.3 Å². The molecule has 0 unspecified atom stereocenters. The average molecular weight is 396 g/mol. The number of benzene rings is 2. The highest BCUT2D eigenvalue weighted by atomic mass is 16.4. The summed E-state index contributed by atoms with van der Waals surface area (Å²) in [5.41, 5.74) is 5.88. The van der Waals surface area contributed by atoms with Crippen molar-refractivity contribution in [3.63, 3.8) is 0 Å². The van der Waals surface area contributed by atoms with Gasteiger partial charge in [0.1, 0.15) is 0 Å². The molecule has 3 heterocycles. The first kappa shape index (κ1) is 17.8. The maximum atomic E-state index is 12.6. The molecule has 0 saturated heterocycles. The Bertz CT molecular complexity index is 1530. The Morgan fingerprint density at radius 1 is 1.10 bits per heavy atom. The number of pyridine rings is 1. The SMILES string of the molecule is Cc1ccc2oc(=O)c3ccc(C(=O)NN=Cc4ccc5ccccc5n4)cc3n12. The number of nitrogens with zero attached hydrogens (tertiary/aromatic N) is 3. The monoisotopic (exact) mass is 396 g/mol. The third-order valence-corrected chi connectivity index (χ3v) is 4.94. The minimum Gasteiger partial charge on any atom is -0.405 e. The lowest BCUT2D eigenvalue weighted by atomic mass is 10.1. The molecule has 5 aromatic rings. The van der Waals surface area contributed by atoms with Crippen LogP contribution in [0.2, 0.25) is 0 Å². The number of rotatable bonds is 3. The Kier molecular flexibility index (Phi) is 4.14. The van der Waals surface area contributed by atoms with Gasteiger partial charge in [-0.25, -0.2) is 15.2 Å². The molecule has 7 heteroatoms. The number of nitrogens with one attached hydrogen (secondary N) is 1. The molecule has 7 nitrogen and oxygen atoms in total. The van der Waals surface area contributed by atoms with Crippen LogP contribution in [-0.2, 0) is 0 Å². The molecule has 0 aliphatic heterocycles. The van der Waals surface area contributed by atoms with Crippen LogP contribution in [0.4, 0.5) is 0 Å². The molecule has 0 spiro atoms. The quantitative estimate of drug-likeness (QED) is 0.372. The Morgan fingerprint density at radius 3 is 2.87 bits per heavy atom. The molecule has 5 rings (SSSR count). The highest BCUT2D eigenvalue weighted by Crippen LogP contribution is 2.19. The lowest BCUT2D eigenvalue weighted by Crippen LogP contribution is -2.18. The van der Waals surface area contributed by atoms with Gasteiger partial charge in [-0.1, -0.05) is 24.3 Å². The fourth-order valence-electron chi connectivity index (χ4n) is 3.46. The molecule has 1 N–H and O–H groups in total. The minimum atomic E-state index is -0.442. The summed E-state index contributed by atoms with van der Waals surface area (Å²) in [6, 6.07) is 19.9. The van der Waals surface area contributed by atoms with Crippen molar-refractivity contribution < 1.29 is 9.21 Å². The van der Waals surface area contributed by atoms with E-state index in [4.69, 9.17) is 4.42 Å². The van der Waals surface area contributed by atoms with Crippen LogP contribution in [0.25, 0.3) is 27.5 Å². The van der Waals surface area contributed by atoms with E-state index in [0.29, 0.717) is 27.9 Å². The van der Waals surface area contributed by atoms with Crippen LogP contribution in [-0.4, -0.2) is 21.5 Å². The summed E-state index contributed by atoms with van der Waals surface area (Å²) in [5, 5.41) is 5.46. The minimum absolute atomic E-state index is 0.381. The van der Waals surface area contributed by atoms with Crippen LogP contribution in [0, 0.1) is 6.92 Å². The van der Waals surface area contributed by atoms with Crippen molar-refractivity contribution >= 4 is 39.6 Å². The van der Waals surface area contributed by atoms with Crippen molar-refractivity contribution in [2.24, 2.45) is 5.10 Å². The summed E-state index contributed by atoms with van der Waals surface area (Å²) in [7, 11) is 0. The maximum Gasteiger partial charge on any atom is 0.346 e. The lowest BCUT2D eigenvalue weighted by Gasteiger charge is -2.06. The van der Waals surface area contributed by atoms with E-state index in [0.717, 1.165) is 16.6 Å². The molecule has 1 amide bonds. The lowest BCUT2D eigenvalue weighted by molar-refractivity contribution is 0.0955. The molecular formula is C23H16N4O3. The molecule has 0 fully saturated rings. The normalized spacial score (nSPS) is 11.6. The summed E-state index contributed by atoms with van der Waals surface area (Å²) < 4.78 is 7.12. The first-order valence-corrected chi connectivity index (χ1v) is 9.34. The van der Waals surface area contributed by atoms with Gasteiger partial charge in [0.25, 0.3) is 5.91 Å². The van der Waals surface area contributed by atoms with Crippen molar-refractivity contribution in [1.29, 1.82) is 0 Å². The number of amides is 1. The van der Waals surface area contributed by atoms with Gasteiger partial charge in [-0.15, -0.1) is 0 Å². The van der Waals surface area contributed by atoms with Gasteiger partial charge in [0, 0.05) is 22.7 Å². The summed E-state index contributed by atoms with van der Waals surface area (Å²) in [6.45, 7) is 1.90. The van der Waals surface area contributed by atoms with Gasteiger partial charge >= 0.3 is 5.63 Å². The van der Waals surface area contributed by atoms with Crippen molar-refractivity contribution in [3.05, 3.63) is 94.1 Å². The fourth-order valence-corrected chi connectivity index (χ4v) is 3.46. The predicted octanol–water partition coefficient (Wildman–Crippen LogP) is 3.67. The zero-order valence-electron chi connectivity index (χ0n) is 16.0. The van der Waals surface area contributed by atoms with E-state index in [2.05, 4.69) is 15.5 Å². The maximum absolute atomic E-state index is 12.6. The third kappa shape index (κ3) is 3.02. The Morgan fingerprint density at radius 2 is 1.97 bits per heavy atom. The number of hydrogen-bond donors (Lipinski definition) is 1. The zero-order chi connectivity index (χ0) is 20.7. The number of para-hydroxylation sites is 1. The highest BCUT2D eigenvalue weighted by molar-refractivity contribution is 5.98. The van der Waals surface area contributed by atoms with E-state index in [1.54, 1.807) is 28.7 Å². The van der Waals surface area contributed by atoms with Crippen molar-refractivity contribution in [2.45, 2.75) is 6.92 Å². The molecule has 146 valence electrons. The Balaban J connectivity index is 1.44. The van der Waals surface area contributed by atoms with Gasteiger partial charge in [0.15, 0.2) is 0 Å². The Labute approximate surface area is 170 Å². The average Bonchev–Trinajstić information content (AvgIpc) is 3.13. The topological polar surface area (TPSA) is 89.0 Å². The standard InChI is InChI=1S/C23H16N4O3/c1-14-6-11-21-27(14)20-12-16(8-10-18(20)23(29)30-21)22(28)26-24-13-17-9-7-15-4-2-3-5-19(15)25-17/h2-13H,1H3,(H,26,28). The summed E-state index contributed by atoms with van der Waals surface area (Å²) in [6.07, 6.45) is 1.49. The van der Waals surface area contributed by atoms with Crippen LogP contribution in [0.5, 0.6) is 0 Å². The molecular weight excluding hydrogens is 380 g/mol. The highest BCUT2D eigenvalue weighted by Gasteiger charge is 2.12. The molecule has 2 aromatic carbocycles. The number of carbonyl (C=O) groups is 1. The summed E-state index contributed by atoms with van der Waals surface area (Å²) in [5.74, 6) is -0.389. The second-order valence-electron chi connectivity index (χ2n) is 6.90. The number of aromatic nitrogens is 2. The summed E-state index contributed by atoms with van der Waals surface area (Å²) >= 11 is 0. The molecule has 0 aliphatic rings. The third-order valence-electron chi connectivity index (χ3n) is 4.94. The van der Waals surface area contributed by atoms with Crippen LogP contribution < -0.4 is 11.1 Å². The number of aryl methyl sites for hydroxylation is 1. The summed E-state index contributed by atoms with van der Waals surface area (Å²) in [4.78, 5) is 29.3. The molecule has 0 aliphatic carbocycles. The molecule has 0 bridgehead atoms. The number of carbonyl (C=O) groups excluding carboxylic acids is 1. The van der Waals surface area contributed by atoms with Crippen LogP contribution in [0.1, 0.15) is 21.7 Å². The van der Waals surface area contributed by atoms with Gasteiger partial charge in [-0.05, 0) is 43.3 Å². The van der Waals surface area contributed by atoms with E-state index >= 15 is 0 Å². The smallest absolute Gasteiger partial charge is 0.346 e. The molecule has 30 heavy (non-hydrogen) atoms. The van der Waals surface area contributed by atoms with E-state index < -0.39 is 5.63 Å². The molecule has 3 aromatic heterocycles. The van der Waals surface area contributed by atoms with Crippen LogP contribution in [0.3, 0.4) is 0 Å². The number of fused-ring (bicyclic) bond motifs is 4. The molecule has 0 saturated carbocycles. The van der Waals surface area contributed by atoms with Gasteiger partial charge in [-0.3, -0.25) is 9.20 Å². The first-order valence-electron chi connectivity index (χ1n) is 9.34. The van der Waals surface area contributed by atoms with Gasteiger partial charge < -0.3 is 4.42 Å². The van der Waals surface area contributed by atoms with Crippen molar-refractivity contribution in [3.8, 4) is 0 Å². The van der Waals surface area contributed by atoms with E-state index in [9.17, 15) is 9.59 Å². The van der Waals surface area contributed by atoms with Gasteiger partial charge in [0.2, 0.25) is 5.71 Å². The second-order valence-corrected chi connectivity index (χ2v) is 6.90. The first-order chi connectivity index (χ1) is 14.6. The van der Waals surface area contributed by atoms with E-state index in [-0.39, 0.29) is 5.91 Å². The van der Waals surface area contributed by atoms with Gasteiger partial charge in [-0.2, -0.15) is 5.10 Å². The number of hydrazone groups is 1. The fraction of sp³-hybridized carbons (Fsp3) is 0.0435. The van der Waals surface area contributed by atoms with Crippen molar-refractivity contribution in [1.82, 2.24) is 14.8 Å². The second kappa shape index (κ2) is 6.97. The zero-order valence-corrected chi connectivity index (χ0v) is 16.0. The Hall–Kier alpha value is -4.26. The predicted molar refractivity (Wildman–Crippen MR) is 115 cm³/mol. The van der Waals surface area contributed by atoms with E-state index in [1.165, 1.54) is 6.21 Å². The van der Waals surface area contributed by atoms with Crippen molar-refractivity contribution in [2.75, 3.05) is 0 Å². The molecule has 0 radical (unpaired) electrons. The number of hydrogen-bond acceptors (Lipinski definition) is 5. The van der Waals surface area contributed by atoms with Crippen LogP contribution in [0.15, 0.2) is 81.0 Å². The largest absolute Gasteiger partial charge is 0.405 e.